The van der Waals surface area contributed by atoms with Crippen molar-refractivity contribution >= 4 is 12.6 Å². The molecule has 5 heteroatoms. The number of rotatable bonds is 2. The molecule has 2 rings (SSSR count). The number of aryl methyl sites for hydroxylation is 1. The molecule has 0 aromatic carbocycles. The molecule has 2 heterocycles. The molecule has 1 aliphatic heterocycles. The highest BCUT2D eigenvalue weighted by molar-refractivity contribution is 6.68. The van der Waals surface area contributed by atoms with Crippen molar-refractivity contribution in [3.05, 3.63) is 30.4 Å². The maximum absolute atomic E-state index is 5.93. The molecule has 0 spiro atoms. The fourth-order valence-electron chi connectivity index (χ4n) is 1.68. The van der Waals surface area contributed by atoms with Crippen LogP contribution in [0.15, 0.2) is 19.0 Å². The van der Waals surface area contributed by atoms with Crippen molar-refractivity contribution in [3.63, 3.8) is 0 Å². The van der Waals surface area contributed by atoms with Gasteiger partial charge in [0.2, 0.25) is 0 Å². The molecule has 0 atom stereocenters. The van der Waals surface area contributed by atoms with Crippen LogP contribution in [0, 0.1) is 6.92 Å². The quantitative estimate of drug-likeness (QED) is 0.751. The average molecular weight is 246 g/mol. The van der Waals surface area contributed by atoms with Crippen LogP contribution in [0.5, 0.6) is 0 Å². The molecule has 0 aliphatic carbocycles. The Morgan fingerprint density at radius 2 is 1.56 bits per heavy atom. The van der Waals surface area contributed by atoms with Gasteiger partial charge in [0.25, 0.3) is 0 Å². The zero-order chi connectivity index (χ0) is 13.6. The van der Waals surface area contributed by atoms with E-state index in [1.807, 2.05) is 34.6 Å². The molecular formula is C13H19BN2O2. The molecule has 1 aromatic rings. The summed E-state index contributed by atoms with van der Waals surface area (Å²) in [5, 5.41) is 0. The van der Waals surface area contributed by atoms with Gasteiger partial charge in [-0.1, -0.05) is 6.58 Å². The maximum Gasteiger partial charge on any atom is 0.494 e. The molecule has 1 saturated heterocycles. The van der Waals surface area contributed by atoms with Crippen molar-refractivity contribution in [1.82, 2.24) is 9.97 Å². The normalized spacial score (nSPS) is 21.1. The molecule has 4 nitrogen and oxygen atoms in total. The molecule has 0 unspecified atom stereocenters. The Hall–Kier alpha value is -1.20. The Morgan fingerprint density at radius 1 is 1.11 bits per heavy atom. The van der Waals surface area contributed by atoms with Crippen molar-refractivity contribution in [2.45, 2.75) is 45.8 Å². The number of hydrogen-bond acceptors (Lipinski definition) is 4. The standard InChI is InChI=1S/C13H19BN2O2/c1-9(11-7-15-10(2)16-8-11)14-17-12(3,4)13(5,6)18-14/h7-8H,1H2,2-6H3. The molecule has 1 fully saturated rings. The van der Waals surface area contributed by atoms with E-state index in [-0.39, 0.29) is 11.2 Å². The summed E-state index contributed by atoms with van der Waals surface area (Å²) in [6, 6.07) is 0. The summed E-state index contributed by atoms with van der Waals surface area (Å²) in [4.78, 5) is 8.32. The van der Waals surface area contributed by atoms with Crippen LogP contribution in [0.1, 0.15) is 39.1 Å². The Balaban J connectivity index is 2.20. The number of aromatic nitrogens is 2. The molecule has 0 amide bonds. The second-order valence-corrected chi connectivity index (χ2v) is 5.63. The summed E-state index contributed by atoms with van der Waals surface area (Å²) in [5.41, 5.74) is 0.894. The van der Waals surface area contributed by atoms with E-state index in [9.17, 15) is 0 Å². The lowest BCUT2D eigenvalue weighted by atomic mass is 9.76. The van der Waals surface area contributed by atoms with Gasteiger partial charge in [0.1, 0.15) is 5.82 Å². The summed E-state index contributed by atoms with van der Waals surface area (Å²) >= 11 is 0. The van der Waals surface area contributed by atoms with Gasteiger partial charge in [-0.05, 0) is 40.1 Å². The first-order valence-corrected chi connectivity index (χ1v) is 6.06. The minimum absolute atomic E-state index is 0.355. The first-order valence-electron chi connectivity index (χ1n) is 6.06. The van der Waals surface area contributed by atoms with E-state index in [1.54, 1.807) is 12.4 Å². The Morgan fingerprint density at radius 3 is 2.00 bits per heavy atom. The highest BCUT2D eigenvalue weighted by atomic mass is 16.7. The van der Waals surface area contributed by atoms with Crippen LogP contribution in [-0.4, -0.2) is 28.3 Å². The second kappa shape index (κ2) is 4.18. The zero-order valence-corrected chi connectivity index (χ0v) is 11.7. The molecule has 96 valence electrons. The van der Waals surface area contributed by atoms with Gasteiger partial charge in [-0.3, -0.25) is 0 Å². The zero-order valence-electron chi connectivity index (χ0n) is 11.7. The first-order chi connectivity index (χ1) is 8.23. The topological polar surface area (TPSA) is 44.2 Å². The third-order valence-corrected chi connectivity index (χ3v) is 3.69. The summed E-state index contributed by atoms with van der Waals surface area (Å²) < 4.78 is 11.9. The van der Waals surface area contributed by atoms with Crippen molar-refractivity contribution in [2.75, 3.05) is 0 Å². The Kier molecular flexibility index (Phi) is 3.07. The summed E-state index contributed by atoms with van der Waals surface area (Å²) in [5.74, 6) is 0.737. The number of hydrogen-bond donors (Lipinski definition) is 0. The Bertz CT molecular complexity index is 452. The minimum atomic E-state index is -0.443. The van der Waals surface area contributed by atoms with E-state index in [4.69, 9.17) is 9.31 Å². The lowest BCUT2D eigenvalue weighted by Crippen LogP contribution is -2.41. The van der Waals surface area contributed by atoms with E-state index in [2.05, 4.69) is 16.5 Å². The van der Waals surface area contributed by atoms with Crippen molar-refractivity contribution in [1.29, 1.82) is 0 Å². The fourth-order valence-corrected chi connectivity index (χ4v) is 1.68. The highest BCUT2D eigenvalue weighted by Gasteiger charge is 2.52. The largest absolute Gasteiger partial charge is 0.494 e. The van der Waals surface area contributed by atoms with Crippen molar-refractivity contribution < 1.29 is 9.31 Å². The van der Waals surface area contributed by atoms with Crippen LogP contribution in [0.2, 0.25) is 0 Å². The molecule has 1 aliphatic rings. The molecule has 1 aromatic heterocycles. The summed E-state index contributed by atoms with van der Waals surface area (Å²) in [6.07, 6.45) is 3.49. The molecule has 18 heavy (non-hydrogen) atoms. The third kappa shape index (κ3) is 2.20. The average Bonchev–Trinajstić information content (AvgIpc) is 2.48. The first kappa shape index (κ1) is 13.2. The van der Waals surface area contributed by atoms with E-state index < -0.39 is 7.12 Å². The second-order valence-electron chi connectivity index (χ2n) is 5.63. The van der Waals surface area contributed by atoms with Crippen LogP contribution >= 0.6 is 0 Å². The predicted octanol–water partition coefficient (Wildman–Crippen LogP) is 2.43. The SMILES string of the molecule is C=C(B1OC(C)(C)C(C)(C)O1)c1cnc(C)nc1. The molecular weight excluding hydrogens is 227 g/mol. The van der Waals surface area contributed by atoms with Crippen LogP contribution < -0.4 is 0 Å². The Labute approximate surface area is 109 Å². The predicted molar refractivity (Wildman–Crippen MR) is 71.9 cm³/mol. The molecule has 0 N–H and O–H groups in total. The highest BCUT2D eigenvalue weighted by Crippen LogP contribution is 2.39. The monoisotopic (exact) mass is 246 g/mol. The molecule has 0 saturated carbocycles. The molecule has 0 radical (unpaired) electrons. The van der Waals surface area contributed by atoms with Gasteiger partial charge in [0.15, 0.2) is 0 Å². The third-order valence-electron chi connectivity index (χ3n) is 3.69. The van der Waals surface area contributed by atoms with Crippen LogP contribution in [0.25, 0.3) is 5.47 Å². The van der Waals surface area contributed by atoms with Crippen LogP contribution in [0.3, 0.4) is 0 Å². The van der Waals surface area contributed by atoms with E-state index in [0.717, 1.165) is 16.9 Å². The smallest absolute Gasteiger partial charge is 0.399 e. The molecule has 0 bridgehead atoms. The van der Waals surface area contributed by atoms with Gasteiger partial charge in [-0.25, -0.2) is 9.97 Å². The van der Waals surface area contributed by atoms with Crippen LogP contribution in [-0.2, 0) is 9.31 Å². The maximum atomic E-state index is 5.93. The van der Waals surface area contributed by atoms with Gasteiger partial charge < -0.3 is 9.31 Å². The fraction of sp³-hybridized carbons (Fsp3) is 0.538. The van der Waals surface area contributed by atoms with Crippen molar-refractivity contribution in [3.8, 4) is 0 Å². The van der Waals surface area contributed by atoms with Gasteiger partial charge in [0.05, 0.1) is 11.2 Å². The van der Waals surface area contributed by atoms with Gasteiger partial charge in [-0.2, -0.15) is 0 Å². The number of nitrogens with zero attached hydrogens (tertiary/aromatic N) is 2. The van der Waals surface area contributed by atoms with Gasteiger partial charge in [0, 0.05) is 18.0 Å². The minimum Gasteiger partial charge on any atom is -0.399 e. The summed E-state index contributed by atoms with van der Waals surface area (Å²) in [7, 11) is -0.443. The van der Waals surface area contributed by atoms with E-state index in [1.165, 1.54) is 0 Å². The summed E-state index contributed by atoms with van der Waals surface area (Å²) in [6.45, 7) is 14.0. The van der Waals surface area contributed by atoms with Gasteiger partial charge in [-0.15, -0.1) is 0 Å². The lowest BCUT2D eigenvalue weighted by molar-refractivity contribution is 0.00578. The van der Waals surface area contributed by atoms with Crippen molar-refractivity contribution in [2.24, 2.45) is 0 Å². The lowest BCUT2D eigenvalue weighted by Gasteiger charge is -2.32. The van der Waals surface area contributed by atoms with E-state index >= 15 is 0 Å². The van der Waals surface area contributed by atoms with E-state index in [0.29, 0.717) is 0 Å². The van der Waals surface area contributed by atoms with Gasteiger partial charge >= 0.3 is 7.12 Å². The van der Waals surface area contributed by atoms with Crippen LogP contribution in [0.4, 0.5) is 0 Å².